The van der Waals surface area contributed by atoms with Crippen LogP contribution < -0.4 is 4.74 Å². The minimum Gasteiger partial charge on any atom is -0.496 e. The third kappa shape index (κ3) is 4.27. The second kappa shape index (κ2) is 7.53. The van der Waals surface area contributed by atoms with Crippen LogP contribution in [-0.2, 0) is 10.0 Å². The van der Waals surface area contributed by atoms with E-state index in [9.17, 15) is 13.2 Å². The van der Waals surface area contributed by atoms with E-state index in [4.69, 9.17) is 4.74 Å². The fourth-order valence-corrected chi connectivity index (χ4v) is 3.72. The van der Waals surface area contributed by atoms with E-state index in [-0.39, 0.29) is 5.91 Å². The molecular formula is C17H26N2O4S. The zero-order valence-corrected chi connectivity index (χ0v) is 15.6. The third-order valence-corrected chi connectivity index (χ3v) is 5.64. The number of sulfonamides is 1. The van der Waals surface area contributed by atoms with Crippen LogP contribution in [-0.4, -0.2) is 63.1 Å². The smallest absolute Gasteiger partial charge is 0.257 e. The first-order valence-electron chi connectivity index (χ1n) is 8.16. The second-order valence-electron chi connectivity index (χ2n) is 6.42. The van der Waals surface area contributed by atoms with Crippen molar-refractivity contribution in [2.75, 3.05) is 39.5 Å². The van der Waals surface area contributed by atoms with Crippen molar-refractivity contribution in [3.63, 3.8) is 0 Å². The van der Waals surface area contributed by atoms with Crippen molar-refractivity contribution >= 4 is 15.9 Å². The summed E-state index contributed by atoms with van der Waals surface area (Å²) in [4.78, 5) is 14.6. The number of hydrogen-bond acceptors (Lipinski definition) is 4. The maximum absolute atomic E-state index is 12.8. The van der Waals surface area contributed by atoms with E-state index in [0.29, 0.717) is 49.8 Å². The standard InChI is InChI=1S/C17H26N2O4S/c1-13(2)14-6-7-15(16(12-14)23-3)17(20)18-8-5-9-19(11-10-18)24(4,21)22/h6-7,12-13H,5,8-11H2,1-4H3. The Morgan fingerprint density at radius 1 is 1.17 bits per heavy atom. The SMILES string of the molecule is COc1cc(C(C)C)ccc1C(=O)N1CCCN(S(C)(=O)=O)CC1. The average molecular weight is 354 g/mol. The largest absolute Gasteiger partial charge is 0.496 e. The number of benzene rings is 1. The predicted molar refractivity (Wildman–Crippen MR) is 94.0 cm³/mol. The molecule has 0 atom stereocenters. The maximum atomic E-state index is 12.8. The number of methoxy groups -OCH3 is 1. The molecule has 1 amide bonds. The molecule has 24 heavy (non-hydrogen) atoms. The number of nitrogens with zero attached hydrogens (tertiary/aromatic N) is 2. The lowest BCUT2D eigenvalue weighted by molar-refractivity contribution is 0.0761. The van der Waals surface area contributed by atoms with Gasteiger partial charge in [-0.05, 0) is 30.0 Å². The highest BCUT2D eigenvalue weighted by molar-refractivity contribution is 7.88. The van der Waals surface area contributed by atoms with Crippen LogP contribution >= 0.6 is 0 Å². The lowest BCUT2D eigenvalue weighted by atomic mass is 10.0. The maximum Gasteiger partial charge on any atom is 0.257 e. The van der Waals surface area contributed by atoms with Gasteiger partial charge in [-0.3, -0.25) is 4.79 Å². The summed E-state index contributed by atoms with van der Waals surface area (Å²) in [5.74, 6) is 0.803. The number of hydrogen-bond donors (Lipinski definition) is 0. The molecular weight excluding hydrogens is 328 g/mol. The molecule has 1 saturated heterocycles. The number of carbonyl (C=O) groups excluding carboxylic acids is 1. The van der Waals surface area contributed by atoms with E-state index in [1.807, 2.05) is 12.1 Å². The van der Waals surface area contributed by atoms with Crippen LogP contribution in [0.2, 0.25) is 0 Å². The molecule has 0 aromatic heterocycles. The van der Waals surface area contributed by atoms with Crippen molar-refractivity contribution in [3.8, 4) is 5.75 Å². The van der Waals surface area contributed by atoms with E-state index in [2.05, 4.69) is 13.8 Å². The second-order valence-corrected chi connectivity index (χ2v) is 8.40. The molecule has 0 saturated carbocycles. The molecule has 1 fully saturated rings. The lowest BCUT2D eigenvalue weighted by Crippen LogP contribution is -2.37. The molecule has 0 aliphatic carbocycles. The summed E-state index contributed by atoms with van der Waals surface area (Å²) < 4.78 is 30.2. The van der Waals surface area contributed by atoms with Gasteiger partial charge < -0.3 is 9.64 Å². The van der Waals surface area contributed by atoms with Crippen LogP contribution in [0.25, 0.3) is 0 Å². The fourth-order valence-electron chi connectivity index (χ4n) is 2.84. The van der Waals surface area contributed by atoms with Crippen LogP contribution in [0.4, 0.5) is 0 Å². The first-order valence-corrected chi connectivity index (χ1v) is 10.0. The topological polar surface area (TPSA) is 66.9 Å². The Balaban J connectivity index is 2.20. The van der Waals surface area contributed by atoms with Gasteiger partial charge >= 0.3 is 0 Å². The van der Waals surface area contributed by atoms with E-state index in [1.165, 1.54) is 10.6 Å². The van der Waals surface area contributed by atoms with Gasteiger partial charge in [0.05, 0.1) is 18.9 Å². The van der Waals surface area contributed by atoms with Gasteiger partial charge in [0.25, 0.3) is 5.91 Å². The van der Waals surface area contributed by atoms with Gasteiger partial charge in [0.1, 0.15) is 5.75 Å². The van der Waals surface area contributed by atoms with E-state index in [0.717, 1.165) is 5.56 Å². The monoisotopic (exact) mass is 354 g/mol. The Morgan fingerprint density at radius 3 is 2.46 bits per heavy atom. The minimum atomic E-state index is -3.22. The highest BCUT2D eigenvalue weighted by Crippen LogP contribution is 2.26. The fraction of sp³-hybridized carbons (Fsp3) is 0.588. The Kier molecular flexibility index (Phi) is 5.87. The number of rotatable bonds is 4. The normalized spacial score (nSPS) is 17.0. The molecule has 1 aliphatic rings. The molecule has 1 aliphatic heterocycles. The molecule has 0 spiro atoms. The van der Waals surface area contributed by atoms with Gasteiger partial charge in [-0.15, -0.1) is 0 Å². The highest BCUT2D eigenvalue weighted by atomic mass is 32.2. The molecule has 7 heteroatoms. The zero-order valence-electron chi connectivity index (χ0n) is 14.8. The van der Waals surface area contributed by atoms with Gasteiger partial charge in [0.2, 0.25) is 10.0 Å². The van der Waals surface area contributed by atoms with Crippen LogP contribution in [0.3, 0.4) is 0 Å². The van der Waals surface area contributed by atoms with Crippen molar-refractivity contribution in [2.45, 2.75) is 26.2 Å². The van der Waals surface area contributed by atoms with E-state index >= 15 is 0 Å². The molecule has 1 aromatic rings. The molecule has 1 aromatic carbocycles. The number of ether oxygens (including phenoxy) is 1. The zero-order chi connectivity index (χ0) is 17.9. The average Bonchev–Trinajstić information content (AvgIpc) is 2.79. The summed E-state index contributed by atoms with van der Waals surface area (Å²) in [6, 6.07) is 5.65. The van der Waals surface area contributed by atoms with E-state index < -0.39 is 10.0 Å². The summed E-state index contributed by atoms with van der Waals surface area (Å²) in [6.45, 7) is 5.89. The molecule has 6 nitrogen and oxygen atoms in total. The number of amides is 1. The van der Waals surface area contributed by atoms with E-state index in [1.54, 1.807) is 18.1 Å². The Morgan fingerprint density at radius 2 is 1.88 bits per heavy atom. The quantitative estimate of drug-likeness (QED) is 0.829. The van der Waals surface area contributed by atoms with Crippen molar-refractivity contribution in [1.82, 2.24) is 9.21 Å². The van der Waals surface area contributed by atoms with Gasteiger partial charge in [0, 0.05) is 26.2 Å². The van der Waals surface area contributed by atoms with Crippen molar-refractivity contribution in [1.29, 1.82) is 0 Å². The molecule has 0 bridgehead atoms. The predicted octanol–water partition coefficient (Wildman–Crippen LogP) is 1.93. The van der Waals surface area contributed by atoms with Gasteiger partial charge in [-0.2, -0.15) is 0 Å². The molecule has 134 valence electrons. The molecule has 0 N–H and O–H groups in total. The van der Waals surface area contributed by atoms with Crippen molar-refractivity contribution in [2.24, 2.45) is 0 Å². The molecule has 2 rings (SSSR count). The lowest BCUT2D eigenvalue weighted by Gasteiger charge is -2.22. The Labute approximate surface area is 144 Å². The van der Waals surface area contributed by atoms with Crippen LogP contribution in [0.15, 0.2) is 18.2 Å². The third-order valence-electron chi connectivity index (χ3n) is 4.33. The molecule has 0 radical (unpaired) electrons. The highest BCUT2D eigenvalue weighted by Gasteiger charge is 2.26. The van der Waals surface area contributed by atoms with Crippen LogP contribution in [0, 0.1) is 0 Å². The van der Waals surface area contributed by atoms with Crippen LogP contribution in [0.5, 0.6) is 5.75 Å². The Bertz CT molecular complexity index is 701. The summed E-state index contributed by atoms with van der Waals surface area (Å²) in [6.07, 6.45) is 1.84. The molecule has 0 unspecified atom stereocenters. The first kappa shape index (κ1) is 18.7. The van der Waals surface area contributed by atoms with Crippen molar-refractivity contribution in [3.05, 3.63) is 29.3 Å². The van der Waals surface area contributed by atoms with Gasteiger partial charge in [-0.25, -0.2) is 12.7 Å². The minimum absolute atomic E-state index is 0.113. The van der Waals surface area contributed by atoms with Gasteiger partial charge in [0.15, 0.2) is 0 Å². The molecule has 1 heterocycles. The first-order chi connectivity index (χ1) is 11.2. The number of carbonyl (C=O) groups is 1. The van der Waals surface area contributed by atoms with Gasteiger partial charge in [-0.1, -0.05) is 19.9 Å². The summed E-state index contributed by atoms with van der Waals surface area (Å²) >= 11 is 0. The Hall–Kier alpha value is -1.60. The summed E-state index contributed by atoms with van der Waals surface area (Å²) in [5, 5.41) is 0. The summed E-state index contributed by atoms with van der Waals surface area (Å²) in [7, 11) is -1.66. The summed E-state index contributed by atoms with van der Waals surface area (Å²) in [5.41, 5.74) is 1.64. The van der Waals surface area contributed by atoms with Crippen LogP contribution in [0.1, 0.15) is 42.1 Å². The van der Waals surface area contributed by atoms with Crippen molar-refractivity contribution < 1.29 is 17.9 Å².